The van der Waals surface area contributed by atoms with Crippen LogP contribution in [0, 0.1) is 0 Å². The third-order valence-corrected chi connectivity index (χ3v) is 2.84. The Kier molecular flexibility index (Phi) is 4.53. The van der Waals surface area contributed by atoms with Crippen molar-refractivity contribution in [2.24, 2.45) is 0 Å². The van der Waals surface area contributed by atoms with Gasteiger partial charge in [0.1, 0.15) is 16.5 Å². The minimum absolute atomic E-state index is 0.0589. The average Bonchev–Trinajstić information content (AvgIpc) is 2.47. The van der Waals surface area contributed by atoms with Crippen molar-refractivity contribution >= 4 is 17.6 Å². The minimum atomic E-state index is -0.565. The van der Waals surface area contributed by atoms with E-state index in [2.05, 4.69) is 14.7 Å². The van der Waals surface area contributed by atoms with Gasteiger partial charge in [-0.2, -0.15) is 0 Å². The van der Waals surface area contributed by atoms with Gasteiger partial charge in [0.25, 0.3) is 0 Å². The number of carbonyl (C=O) groups is 1. The lowest BCUT2D eigenvalue weighted by Crippen LogP contribution is -2.05. The summed E-state index contributed by atoms with van der Waals surface area (Å²) in [5.74, 6) is 0.579. The summed E-state index contributed by atoms with van der Waals surface area (Å²) in [7, 11) is 1.28. The zero-order valence-electron chi connectivity index (χ0n) is 11.1. The molecule has 6 heteroatoms. The molecule has 0 N–H and O–H groups in total. The molecule has 1 aromatic carbocycles. The smallest absolute Gasteiger partial charge is 0.342 e. The molecule has 5 nitrogen and oxygen atoms in total. The van der Waals surface area contributed by atoms with E-state index in [1.807, 2.05) is 31.2 Å². The molecular weight excluding hydrogens is 280 g/mol. The lowest BCUT2D eigenvalue weighted by Gasteiger charge is -2.06. The number of nitrogens with zero attached hydrogens (tertiary/aromatic N) is 2. The quantitative estimate of drug-likeness (QED) is 0.640. The van der Waals surface area contributed by atoms with Gasteiger partial charge < -0.3 is 9.47 Å². The Morgan fingerprint density at radius 3 is 2.85 bits per heavy atom. The third-order valence-electron chi connectivity index (χ3n) is 2.55. The zero-order valence-corrected chi connectivity index (χ0v) is 11.8. The molecule has 20 heavy (non-hydrogen) atoms. The number of benzene rings is 1. The minimum Gasteiger partial charge on any atom is -0.494 e. The number of ether oxygens (including phenoxy) is 2. The fourth-order valence-electron chi connectivity index (χ4n) is 1.64. The molecule has 0 aliphatic carbocycles. The Bertz CT molecular complexity index is 632. The van der Waals surface area contributed by atoms with E-state index in [-0.39, 0.29) is 10.7 Å². The predicted octanol–water partition coefficient (Wildman–Crippen LogP) is 2.98. The van der Waals surface area contributed by atoms with Gasteiger partial charge >= 0.3 is 5.97 Å². The number of aromatic nitrogens is 2. The number of hydrogen-bond donors (Lipinski definition) is 0. The Morgan fingerprint density at radius 2 is 2.20 bits per heavy atom. The molecule has 0 amide bonds. The van der Waals surface area contributed by atoms with Crippen molar-refractivity contribution in [2.75, 3.05) is 13.7 Å². The first kappa shape index (κ1) is 14.3. The summed E-state index contributed by atoms with van der Waals surface area (Å²) in [6.07, 6.45) is 1.35. The van der Waals surface area contributed by atoms with Crippen molar-refractivity contribution in [3.05, 3.63) is 41.2 Å². The second kappa shape index (κ2) is 6.34. The highest BCUT2D eigenvalue weighted by atomic mass is 35.5. The maximum atomic E-state index is 11.4. The fraction of sp³-hybridized carbons (Fsp3) is 0.214. The van der Waals surface area contributed by atoms with Gasteiger partial charge in [-0.1, -0.05) is 23.7 Å². The molecule has 1 aromatic heterocycles. The van der Waals surface area contributed by atoms with E-state index in [1.165, 1.54) is 13.3 Å². The van der Waals surface area contributed by atoms with Crippen LogP contribution in [0.3, 0.4) is 0 Å². The van der Waals surface area contributed by atoms with Crippen LogP contribution in [0.4, 0.5) is 0 Å². The molecule has 0 atom stereocenters. The van der Waals surface area contributed by atoms with Crippen LogP contribution >= 0.6 is 11.6 Å². The number of methoxy groups -OCH3 is 1. The van der Waals surface area contributed by atoms with Crippen molar-refractivity contribution in [1.82, 2.24) is 9.97 Å². The topological polar surface area (TPSA) is 61.3 Å². The van der Waals surface area contributed by atoms with Gasteiger partial charge in [-0.05, 0) is 19.1 Å². The van der Waals surface area contributed by atoms with Crippen LogP contribution in [-0.2, 0) is 4.74 Å². The highest BCUT2D eigenvalue weighted by molar-refractivity contribution is 6.32. The molecule has 1 heterocycles. The Morgan fingerprint density at radius 1 is 1.40 bits per heavy atom. The van der Waals surface area contributed by atoms with Crippen LogP contribution in [0.5, 0.6) is 5.75 Å². The summed E-state index contributed by atoms with van der Waals surface area (Å²) in [5, 5.41) is 0.0589. The second-order valence-corrected chi connectivity index (χ2v) is 4.21. The fourth-order valence-corrected chi connectivity index (χ4v) is 1.84. The SMILES string of the molecule is CCOc1cccc(-c2ncc(C(=O)OC)c(Cl)n2)c1. The lowest BCUT2D eigenvalue weighted by molar-refractivity contribution is 0.0600. The Hall–Kier alpha value is -2.14. The second-order valence-electron chi connectivity index (χ2n) is 3.85. The van der Waals surface area contributed by atoms with Gasteiger partial charge in [-0.3, -0.25) is 0 Å². The van der Waals surface area contributed by atoms with Crippen LogP contribution in [0.1, 0.15) is 17.3 Å². The van der Waals surface area contributed by atoms with Crippen LogP contribution in [-0.4, -0.2) is 29.7 Å². The first-order valence-electron chi connectivity index (χ1n) is 5.99. The molecule has 0 aliphatic rings. The zero-order chi connectivity index (χ0) is 14.5. The van der Waals surface area contributed by atoms with E-state index < -0.39 is 5.97 Å². The van der Waals surface area contributed by atoms with E-state index in [9.17, 15) is 4.79 Å². The van der Waals surface area contributed by atoms with E-state index in [0.717, 1.165) is 11.3 Å². The highest BCUT2D eigenvalue weighted by Gasteiger charge is 2.14. The molecule has 0 spiro atoms. The molecule has 0 aliphatic heterocycles. The van der Waals surface area contributed by atoms with Crippen LogP contribution in [0.15, 0.2) is 30.5 Å². The molecule has 2 aromatic rings. The third kappa shape index (κ3) is 3.05. The molecule has 0 radical (unpaired) electrons. The molecule has 104 valence electrons. The summed E-state index contributed by atoms with van der Waals surface area (Å²) in [6.45, 7) is 2.48. The van der Waals surface area contributed by atoms with Crippen molar-refractivity contribution in [3.63, 3.8) is 0 Å². The molecule has 0 saturated carbocycles. The normalized spacial score (nSPS) is 10.2. The van der Waals surface area contributed by atoms with Crippen molar-refractivity contribution in [3.8, 4) is 17.1 Å². The largest absolute Gasteiger partial charge is 0.494 e. The maximum absolute atomic E-state index is 11.4. The lowest BCUT2D eigenvalue weighted by atomic mass is 10.2. The molecule has 0 saturated heterocycles. The molecular formula is C14H13ClN2O3. The van der Waals surface area contributed by atoms with Gasteiger partial charge in [-0.25, -0.2) is 14.8 Å². The number of carbonyl (C=O) groups excluding carboxylic acids is 1. The van der Waals surface area contributed by atoms with Gasteiger partial charge in [-0.15, -0.1) is 0 Å². The van der Waals surface area contributed by atoms with E-state index >= 15 is 0 Å². The maximum Gasteiger partial charge on any atom is 0.342 e. The van der Waals surface area contributed by atoms with Gasteiger partial charge in [0.15, 0.2) is 5.82 Å². The number of hydrogen-bond acceptors (Lipinski definition) is 5. The van der Waals surface area contributed by atoms with Crippen LogP contribution in [0.25, 0.3) is 11.4 Å². The predicted molar refractivity (Wildman–Crippen MR) is 75.0 cm³/mol. The number of halogens is 1. The highest BCUT2D eigenvalue weighted by Crippen LogP contribution is 2.23. The Labute approximate surface area is 121 Å². The van der Waals surface area contributed by atoms with Gasteiger partial charge in [0, 0.05) is 11.8 Å². The number of esters is 1. The van der Waals surface area contributed by atoms with E-state index in [1.54, 1.807) is 0 Å². The van der Waals surface area contributed by atoms with Gasteiger partial charge in [0.05, 0.1) is 13.7 Å². The molecule has 0 unspecified atom stereocenters. The standard InChI is InChI=1S/C14H13ClN2O3/c1-3-20-10-6-4-5-9(7-10)13-16-8-11(12(15)17-13)14(18)19-2/h4-8H,3H2,1-2H3. The summed E-state index contributed by atoms with van der Waals surface area (Å²) >= 11 is 5.97. The molecule has 2 rings (SSSR count). The Balaban J connectivity index is 2.36. The summed E-state index contributed by atoms with van der Waals surface area (Å²) in [4.78, 5) is 19.7. The molecule has 0 fully saturated rings. The van der Waals surface area contributed by atoms with Crippen molar-refractivity contribution < 1.29 is 14.3 Å². The van der Waals surface area contributed by atoms with E-state index in [0.29, 0.717) is 12.4 Å². The first-order chi connectivity index (χ1) is 9.65. The van der Waals surface area contributed by atoms with Crippen molar-refractivity contribution in [2.45, 2.75) is 6.92 Å². The molecule has 0 bridgehead atoms. The summed E-state index contributed by atoms with van der Waals surface area (Å²) in [6, 6.07) is 7.34. The number of rotatable bonds is 4. The van der Waals surface area contributed by atoms with Crippen molar-refractivity contribution in [1.29, 1.82) is 0 Å². The summed E-state index contributed by atoms with van der Waals surface area (Å²) < 4.78 is 10.0. The van der Waals surface area contributed by atoms with Crippen LogP contribution < -0.4 is 4.74 Å². The van der Waals surface area contributed by atoms with Gasteiger partial charge in [0.2, 0.25) is 0 Å². The summed E-state index contributed by atoms with van der Waals surface area (Å²) in [5.41, 5.74) is 0.896. The first-order valence-corrected chi connectivity index (χ1v) is 6.37. The van der Waals surface area contributed by atoms with Crippen LogP contribution in [0.2, 0.25) is 5.15 Å². The average molecular weight is 293 g/mol. The van der Waals surface area contributed by atoms with E-state index in [4.69, 9.17) is 16.3 Å². The monoisotopic (exact) mass is 292 g/mol.